The number of nitrogens with zero attached hydrogens (tertiary/aromatic N) is 2. The molecule has 1 aromatic carbocycles. The number of nitrogens with two attached hydrogens (primary N) is 1. The Bertz CT molecular complexity index is 594. The minimum atomic E-state index is -2.48. The number of hydrogen-bond donors (Lipinski definition) is 3. The minimum absolute atomic E-state index is 0.444. The van der Waals surface area contributed by atoms with Gasteiger partial charge in [-0.3, -0.25) is 0 Å². The van der Waals surface area contributed by atoms with Crippen LogP contribution in [0.25, 0.3) is 0 Å². The molecule has 0 saturated carbocycles. The first kappa shape index (κ1) is 14.5. The molecule has 0 aliphatic carbocycles. The van der Waals surface area contributed by atoms with Crippen molar-refractivity contribution in [2.24, 2.45) is 5.84 Å². The molecule has 106 valence electrons. The minimum Gasteiger partial charge on any atom is -0.339 e. The Labute approximate surface area is 119 Å². The molecule has 2 aromatic rings. The quantitative estimate of drug-likeness (QED) is 0.447. The third kappa shape index (κ3) is 3.78. The third-order valence-electron chi connectivity index (χ3n) is 2.35. The van der Waals surface area contributed by atoms with Crippen molar-refractivity contribution in [2.45, 2.75) is 17.6 Å². The van der Waals surface area contributed by atoms with Crippen molar-refractivity contribution in [2.75, 3.05) is 10.7 Å². The summed E-state index contributed by atoms with van der Waals surface area (Å²) in [6.07, 6.45) is 0. The topological polar surface area (TPSA) is 75.9 Å². The summed E-state index contributed by atoms with van der Waals surface area (Å²) in [6, 6.07) is 8.38. The van der Waals surface area contributed by atoms with E-state index < -0.39 is 5.76 Å². The van der Waals surface area contributed by atoms with Crippen LogP contribution >= 0.6 is 11.8 Å². The van der Waals surface area contributed by atoms with Gasteiger partial charge in [0.05, 0.1) is 5.69 Å². The summed E-state index contributed by atoms with van der Waals surface area (Å²) in [5, 5.41) is 2.99. The molecular weight excluding hydrogens is 284 g/mol. The first-order valence-electron chi connectivity index (χ1n) is 5.71. The van der Waals surface area contributed by atoms with Gasteiger partial charge in [-0.25, -0.2) is 15.8 Å². The zero-order chi connectivity index (χ0) is 14.5. The fourth-order valence-corrected chi connectivity index (χ4v) is 2.21. The van der Waals surface area contributed by atoms with Crippen LogP contribution in [0.5, 0.6) is 0 Å². The van der Waals surface area contributed by atoms with Crippen LogP contribution in [0.3, 0.4) is 0 Å². The number of halogens is 2. The highest BCUT2D eigenvalue weighted by Gasteiger charge is 2.10. The van der Waals surface area contributed by atoms with Gasteiger partial charge < -0.3 is 10.7 Å². The number of rotatable bonds is 5. The number of aromatic nitrogens is 2. The molecule has 0 unspecified atom stereocenters. The normalized spacial score (nSPS) is 10.7. The molecule has 0 amide bonds. The second kappa shape index (κ2) is 6.49. The molecule has 8 heteroatoms. The summed E-state index contributed by atoms with van der Waals surface area (Å²) in [4.78, 5) is 8.68. The van der Waals surface area contributed by atoms with Gasteiger partial charge in [0.1, 0.15) is 17.5 Å². The molecule has 5 nitrogen and oxygen atoms in total. The van der Waals surface area contributed by atoms with Crippen LogP contribution in [0, 0.1) is 6.92 Å². The van der Waals surface area contributed by atoms with E-state index in [1.165, 1.54) is 0 Å². The standard InChI is InChI=1S/C12H13F2N5S/c1-7-16-10(6-11(17-7)19-15)18-8-4-2-3-5-9(8)20-12(13)14/h2-6,12H,15H2,1H3,(H2,16,17,18,19). The van der Waals surface area contributed by atoms with E-state index in [0.29, 0.717) is 39.8 Å². The molecule has 2 rings (SSSR count). The molecule has 1 aromatic heterocycles. The van der Waals surface area contributed by atoms with E-state index in [2.05, 4.69) is 20.7 Å². The molecule has 20 heavy (non-hydrogen) atoms. The average Bonchev–Trinajstić information content (AvgIpc) is 2.39. The second-order valence-corrected chi connectivity index (χ2v) is 4.86. The molecule has 0 saturated heterocycles. The lowest BCUT2D eigenvalue weighted by Crippen LogP contribution is -2.10. The van der Waals surface area contributed by atoms with Crippen LogP contribution in [0.15, 0.2) is 35.2 Å². The Balaban J connectivity index is 2.27. The molecule has 0 atom stereocenters. The molecule has 0 radical (unpaired) electrons. The van der Waals surface area contributed by atoms with Gasteiger partial charge in [0.15, 0.2) is 0 Å². The largest absolute Gasteiger partial charge is 0.339 e. The number of nitrogens with one attached hydrogen (secondary N) is 2. The van der Waals surface area contributed by atoms with E-state index in [0.717, 1.165) is 0 Å². The summed E-state index contributed by atoms with van der Waals surface area (Å²) in [5.41, 5.74) is 2.98. The summed E-state index contributed by atoms with van der Waals surface area (Å²) >= 11 is 0.479. The molecule has 0 aliphatic rings. The molecule has 0 fully saturated rings. The first-order valence-corrected chi connectivity index (χ1v) is 6.59. The van der Waals surface area contributed by atoms with Gasteiger partial charge >= 0.3 is 0 Å². The van der Waals surface area contributed by atoms with E-state index in [1.54, 1.807) is 37.3 Å². The number of thioether (sulfide) groups is 1. The predicted molar refractivity (Wildman–Crippen MR) is 76.2 cm³/mol. The molecule has 0 spiro atoms. The number of hydrogen-bond acceptors (Lipinski definition) is 6. The average molecular weight is 297 g/mol. The Hall–Kier alpha value is -1.93. The number of aryl methyl sites for hydroxylation is 1. The maximum atomic E-state index is 12.5. The van der Waals surface area contributed by atoms with Crippen LogP contribution in [-0.2, 0) is 0 Å². The van der Waals surface area contributed by atoms with Crippen molar-refractivity contribution in [3.63, 3.8) is 0 Å². The highest BCUT2D eigenvalue weighted by Crippen LogP contribution is 2.33. The maximum absolute atomic E-state index is 12.5. The molecule has 4 N–H and O–H groups in total. The summed E-state index contributed by atoms with van der Waals surface area (Å²) in [5.74, 6) is 4.26. The van der Waals surface area contributed by atoms with Gasteiger partial charge in [0.25, 0.3) is 5.76 Å². The predicted octanol–water partition coefficient (Wildman–Crippen LogP) is 3.13. The Morgan fingerprint density at radius 2 is 1.90 bits per heavy atom. The van der Waals surface area contributed by atoms with Crippen molar-refractivity contribution >= 4 is 29.1 Å². The molecule has 0 aliphatic heterocycles. The van der Waals surface area contributed by atoms with Gasteiger partial charge in [-0.2, -0.15) is 8.78 Å². The lowest BCUT2D eigenvalue weighted by Gasteiger charge is -2.12. The van der Waals surface area contributed by atoms with Gasteiger partial charge in [-0.1, -0.05) is 23.9 Å². The van der Waals surface area contributed by atoms with Crippen molar-refractivity contribution < 1.29 is 8.78 Å². The van der Waals surface area contributed by atoms with E-state index in [-0.39, 0.29) is 0 Å². The van der Waals surface area contributed by atoms with Crippen molar-refractivity contribution in [1.29, 1.82) is 0 Å². The highest BCUT2D eigenvalue weighted by molar-refractivity contribution is 7.99. The zero-order valence-corrected chi connectivity index (χ0v) is 11.4. The van der Waals surface area contributed by atoms with Gasteiger partial charge in [0, 0.05) is 11.0 Å². The number of hydrazine groups is 1. The Morgan fingerprint density at radius 1 is 1.20 bits per heavy atom. The fourth-order valence-electron chi connectivity index (χ4n) is 1.61. The van der Waals surface area contributed by atoms with Crippen LogP contribution in [0.2, 0.25) is 0 Å². The van der Waals surface area contributed by atoms with Crippen LogP contribution < -0.4 is 16.6 Å². The van der Waals surface area contributed by atoms with Crippen molar-refractivity contribution in [1.82, 2.24) is 9.97 Å². The summed E-state index contributed by atoms with van der Waals surface area (Å²) in [7, 11) is 0. The van der Waals surface area contributed by atoms with E-state index in [4.69, 9.17) is 5.84 Å². The van der Waals surface area contributed by atoms with Gasteiger partial charge in [-0.15, -0.1) is 0 Å². The van der Waals surface area contributed by atoms with E-state index in [1.807, 2.05) is 0 Å². The number of para-hydroxylation sites is 1. The van der Waals surface area contributed by atoms with Crippen LogP contribution in [-0.4, -0.2) is 15.7 Å². The van der Waals surface area contributed by atoms with Crippen LogP contribution in [0.1, 0.15) is 5.82 Å². The molecule has 0 bridgehead atoms. The molecule has 1 heterocycles. The lowest BCUT2D eigenvalue weighted by atomic mass is 10.3. The Morgan fingerprint density at radius 3 is 2.60 bits per heavy atom. The highest BCUT2D eigenvalue weighted by atomic mass is 32.2. The number of nitrogen functional groups attached to an aromatic ring is 1. The smallest absolute Gasteiger partial charge is 0.288 e. The SMILES string of the molecule is Cc1nc(NN)cc(Nc2ccccc2SC(F)F)n1. The number of anilines is 3. The second-order valence-electron chi connectivity index (χ2n) is 3.83. The number of benzene rings is 1. The zero-order valence-electron chi connectivity index (χ0n) is 10.6. The number of alkyl halides is 2. The van der Waals surface area contributed by atoms with Gasteiger partial charge in [0.2, 0.25) is 0 Å². The third-order valence-corrected chi connectivity index (χ3v) is 3.14. The van der Waals surface area contributed by atoms with E-state index >= 15 is 0 Å². The fraction of sp³-hybridized carbons (Fsp3) is 0.167. The van der Waals surface area contributed by atoms with E-state index in [9.17, 15) is 8.78 Å². The van der Waals surface area contributed by atoms with Gasteiger partial charge in [-0.05, 0) is 19.1 Å². The lowest BCUT2D eigenvalue weighted by molar-refractivity contribution is 0.252. The first-order chi connectivity index (χ1) is 9.58. The Kier molecular flexibility index (Phi) is 4.70. The summed E-state index contributed by atoms with van der Waals surface area (Å²) in [6.45, 7) is 1.71. The monoisotopic (exact) mass is 297 g/mol. The molecular formula is C12H13F2N5S. The van der Waals surface area contributed by atoms with Crippen molar-refractivity contribution in [3.8, 4) is 0 Å². The summed E-state index contributed by atoms with van der Waals surface area (Å²) < 4.78 is 25.0. The van der Waals surface area contributed by atoms with Crippen molar-refractivity contribution in [3.05, 3.63) is 36.2 Å². The maximum Gasteiger partial charge on any atom is 0.288 e. The van der Waals surface area contributed by atoms with Crippen LogP contribution in [0.4, 0.5) is 26.1 Å².